The third-order valence-electron chi connectivity index (χ3n) is 4.48. The molecule has 4 rings (SSSR count). The number of nitriles is 1. The summed E-state index contributed by atoms with van der Waals surface area (Å²) in [5, 5.41) is 10.3. The predicted molar refractivity (Wildman–Crippen MR) is 102 cm³/mol. The topological polar surface area (TPSA) is 98.5 Å². The minimum absolute atomic E-state index is 0.0299. The van der Waals surface area contributed by atoms with Crippen molar-refractivity contribution >= 4 is 26.9 Å². The highest BCUT2D eigenvalue weighted by Crippen LogP contribution is 2.44. The fourth-order valence-electron chi connectivity index (χ4n) is 3.26. The largest absolute Gasteiger partial charge is 0.496 e. The number of ether oxygens (including phenoxy) is 2. The van der Waals surface area contributed by atoms with Crippen LogP contribution in [-0.4, -0.2) is 7.11 Å². The molecule has 7 heteroatoms. The maximum Gasteiger partial charge on any atom is 0.344 e. The lowest BCUT2D eigenvalue weighted by Gasteiger charge is -2.26. The number of rotatable bonds is 2. The van der Waals surface area contributed by atoms with Gasteiger partial charge in [-0.2, -0.15) is 5.26 Å². The Bertz CT molecular complexity index is 1210. The lowest BCUT2D eigenvalue weighted by atomic mass is 9.84. The van der Waals surface area contributed by atoms with Crippen LogP contribution in [0.2, 0.25) is 0 Å². The van der Waals surface area contributed by atoms with Gasteiger partial charge in [0, 0.05) is 0 Å². The van der Waals surface area contributed by atoms with E-state index < -0.39 is 11.5 Å². The summed E-state index contributed by atoms with van der Waals surface area (Å²) in [7, 11) is 1.56. The number of para-hydroxylation sites is 1. The van der Waals surface area contributed by atoms with Crippen LogP contribution in [-0.2, 0) is 0 Å². The summed E-state index contributed by atoms with van der Waals surface area (Å²) in [5.74, 6) is 0.210. The third kappa shape index (κ3) is 2.66. The highest BCUT2D eigenvalue weighted by Gasteiger charge is 2.35. The first-order chi connectivity index (χ1) is 13.0. The summed E-state index contributed by atoms with van der Waals surface area (Å²) in [6.45, 7) is 0. The van der Waals surface area contributed by atoms with Gasteiger partial charge in [0.05, 0.1) is 28.5 Å². The SMILES string of the molecule is COc1ccc([C@@H]2C(C#N)=C(N)Oc3c2c(=O)oc2ccccc32)cc1Br. The van der Waals surface area contributed by atoms with Gasteiger partial charge in [-0.15, -0.1) is 0 Å². The van der Waals surface area contributed by atoms with Crippen LogP contribution >= 0.6 is 15.9 Å². The summed E-state index contributed by atoms with van der Waals surface area (Å²) in [6, 6.07) is 14.4. The van der Waals surface area contributed by atoms with Crippen LogP contribution in [0.5, 0.6) is 11.5 Å². The van der Waals surface area contributed by atoms with Crippen molar-refractivity contribution in [1.82, 2.24) is 0 Å². The van der Waals surface area contributed by atoms with E-state index >= 15 is 0 Å². The van der Waals surface area contributed by atoms with E-state index in [2.05, 4.69) is 22.0 Å². The molecule has 1 aromatic heterocycles. The van der Waals surface area contributed by atoms with E-state index in [4.69, 9.17) is 19.6 Å². The van der Waals surface area contributed by atoms with E-state index in [0.717, 1.165) is 0 Å². The van der Waals surface area contributed by atoms with Crippen LogP contribution in [0, 0.1) is 11.3 Å². The van der Waals surface area contributed by atoms with Crippen molar-refractivity contribution in [3.8, 4) is 17.6 Å². The monoisotopic (exact) mass is 424 g/mol. The van der Waals surface area contributed by atoms with Gasteiger partial charge in [0.15, 0.2) is 5.75 Å². The number of halogens is 1. The van der Waals surface area contributed by atoms with Crippen molar-refractivity contribution in [1.29, 1.82) is 5.26 Å². The molecule has 0 unspecified atom stereocenters. The second-order valence-electron chi connectivity index (χ2n) is 5.95. The van der Waals surface area contributed by atoms with Crippen LogP contribution in [0.15, 0.2) is 67.6 Å². The molecule has 0 aliphatic carbocycles. The Labute approximate surface area is 162 Å². The van der Waals surface area contributed by atoms with Crippen molar-refractivity contribution in [3.63, 3.8) is 0 Å². The van der Waals surface area contributed by atoms with Crippen LogP contribution in [0.3, 0.4) is 0 Å². The van der Waals surface area contributed by atoms with Gasteiger partial charge in [0.25, 0.3) is 0 Å². The molecule has 6 nitrogen and oxygen atoms in total. The first-order valence-electron chi connectivity index (χ1n) is 8.02. The molecular formula is C20H13BrN2O4. The molecule has 0 radical (unpaired) electrons. The molecule has 0 fully saturated rings. The minimum Gasteiger partial charge on any atom is -0.496 e. The number of nitrogens with two attached hydrogens (primary N) is 1. The van der Waals surface area contributed by atoms with Crippen molar-refractivity contribution in [3.05, 3.63) is 79.9 Å². The molecular weight excluding hydrogens is 412 g/mol. The molecule has 2 aromatic carbocycles. The van der Waals surface area contributed by atoms with Gasteiger partial charge < -0.3 is 19.6 Å². The Morgan fingerprint density at radius 2 is 2.04 bits per heavy atom. The molecule has 0 saturated carbocycles. The first kappa shape index (κ1) is 17.2. The number of benzene rings is 2. The summed E-state index contributed by atoms with van der Waals surface area (Å²) in [4.78, 5) is 12.8. The number of fused-ring (bicyclic) bond motifs is 3. The zero-order valence-electron chi connectivity index (χ0n) is 14.2. The second kappa shape index (κ2) is 6.49. The zero-order chi connectivity index (χ0) is 19.1. The Balaban J connectivity index is 2.05. The Morgan fingerprint density at radius 1 is 1.26 bits per heavy atom. The standard InChI is InChI=1S/C20H13BrN2O4/c1-25-15-7-6-10(8-13(15)21)16-12(9-22)19(23)27-18-11-4-2-3-5-14(11)26-20(24)17(16)18/h2-8,16H,23H2,1H3/t16-/m1/s1. The van der Waals surface area contributed by atoms with E-state index in [1.165, 1.54) is 0 Å². The Morgan fingerprint density at radius 3 is 2.74 bits per heavy atom. The highest BCUT2D eigenvalue weighted by atomic mass is 79.9. The first-order valence-corrected chi connectivity index (χ1v) is 8.81. The Kier molecular flexibility index (Phi) is 4.13. The maximum absolute atomic E-state index is 12.8. The molecule has 1 atom stereocenters. The van der Waals surface area contributed by atoms with E-state index in [9.17, 15) is 10.1 Å². The van der Waals surface area contributed by atoms with Crippen molar-refractivity contribution in [2.75, 3.05) is 7.11 Å². The fraction of sp³-hybridized carbons (Fsp3) is 0.100. The van der Waals surface area contributed by atoms with Gasteiger partial charge in [0.2, 0.25) is 5.88 Å². The molecule has 0 spiro atoms. The second-order valence-corrected chi connectivity index (χ2v) is 6.80. The molecule has 27 heavy (non-hydrogen) atoms. The molecule has 0 saturated heterocycles. The van der Waals surface area contributed by atoms with Gasteiger partial charge in [-0.25, -0.2) is 4.79 Å². The molecule has 1 aliphatic rings. The molecule has 0 amide bonds. The number of allylic oxidation sites excluding steroid dienone is 1. The third-order valence-corrected chi connectivity index (χ3v) is 5.10. The normalized spacial score (nSPS) is 15.8. The van der Waals surface area contributed by atoms with E-state index in [1.807, 2.05) is 6.07 Å². The van der Waals surface area contributed by atoms with Crippen LogP contribution in [0.25, 0.3) is 11.0 Å². The van der Waals surface area contributed by atoms with Gasteiger partial charge in [-0.05, 0) is 45.8 Å². The maximum atomic E-state index is 12.8. The molecule has 1 aliphatic heterocycles. The number of hydrogen-bond donors (Lipinski definition) is 1. The van der Waals surface area contributed by atoms with E-state index in [0.29, 0.717) is 32.5 Å². The fourth-order valence-corrected chi connectivity index (χ4v) is 3.82. The number of hydrogen-bond acceptors (Lipinski definition) is 6. The van der Waals surface area contributed by atoms with E-state index in [1.54, 1.807) is 43.5 Å². The van der Waals surface area contributed by atoms with E-state index in [-0.39, 0.29) is 17.0 Å². The summed E-state index contributed by atoms with van der Waals surface area (Å²) in [6.07, 6.45) is 0. The minimum atomic E-state index is -0.707. The molecule has 3 aromatic rings. The molecule has 134 valence electrons. The van der Waals surface area contributed by atoms with Gasteiger partial charge in [-0.1, -0.05) is 18.2 Å². The quantitative estimate of drug-likeness (QED) is 0.628. The predicted octanol–water partition coefficient (Wildman–Crippen LogP) is 3.78. The van der Waals surface area contributed by atoms with Gasteiger partial charge in [-0.3, -0.25) is 0 Å². The van der Waals surface area contributed by atoms with Crippen molar-refractivity contribution < 1.29 is 13.9 Å². The average Bonchev–Trinajstić information content (AvgIpc) is 2.67. The van der Waals surface area contributed by atoms with Gasteiger partial charge in [0.1, 0.15) is 23.0 Å². The zero-order valence-corrected chi connectivity index (χ0v) is 15.7. The number of methoxy groups -OCH3 is 1. The van der Waals surface area contributed by atoms with Crippen LogP contribution < -0.4 is 20.8 Å². The lowest BCUT2D eigenvalue weighted by molar-refractivity contribution is 0.388. The summed E-state index contributed by atoms with van der Waals surface area (Å²) in [5.41, 5.74) is 6.95. The average molecular weight is 425 g/mol. The molecule has 0 bridgehead atoms. The summed E-state index contributed by atoms with van der Waals surface area (Å²) >= 11 is 3.44. The highest BCUT2D eigenvalue weighted by molar-refractivity contribution is 9.10. The lowest BCUT2D eigenvalue weighted by Crippen LogP contribution is -2.26. The van der Waals surface area contributed by atoms with Crippen LogP contribution in [0.1, 0.15) is 17.0 Å². The van der Waals surface area contributed by atoms with Crippen molar-refractivity contribution in [2.45, 2.75) is 5.92 Å². The van der Waals surface area contributed by atoms with Crippen molar-refractivity contribution in [2.24, 2.45) is 5.73 Å². The van der Waals surface area contributed by atoms with Gasteiger partial charge >= 0.3 is 5.63 Å². The molecule has 2 N–H and O–H groups in total. The molecule has 2 heterocycles. The van der Waals surface area contributed by atoms with Crippen LogP contribution in [0.4, 0.5) is 0 Å². The Hall–Kier alpha value is -3.24. The smallest absolute Gasteiger partial charge is 0.344 e. The summed E-state index contributed by atoms with van der Waals surface area (Å²) < 4.78 is 17.1. The number of nitrogens with zero attached hydrogens (tertiary/aromatic N) is 1.